The maximum atomic E-state index is 12.2. The molecule has 0 unspecified atom stereocenters. The number of methoxy groups -OCH3 is 3. The van der Waals surface area contributed by atoms with E-state index in [1.165, 1.54) is 12.8 Å². The first-order valence-corrected chi connectivity index (χ1v) is 13.2. The van der Waals surface area contributed by atoms with E-state index in [0.717, 1.165) is 52.3 Å². The summed E-state index contributed by atoms with van der Waals surface area (Å²) in [5, 5.41) is 0. The van der Waals surface area contributed by atoms with Crippen LogP contribution in [0.1, 0.15) is 77.6 Å². The molecule has 0 radical (unpaired) electrons. The average molecular weight is 515 g/mol. The Morgan fingerprint density at radius 1 is 0.947 bits per heavy atom. The van der Waals surface area contributed by atoms with Crippen molar-refractivity contribution >= 4 is 11.4 Å². The number of ether oxygens (including phenoxy) is 4. The van der Waals surface area contributed by atoms with E-state index in [9.17, 15) is 4.79 Å². The molecule has 7 nitrogen and oxygen atoms in total. The molecule has 1 heterocycles. The summed E-state index contributed by atoms with van der Waals surface area (Å²) in [5.41, 5.74) is 5.41. The normalized spacial score (nSPS) is 14.7. The highest BCUT2D eigenvalue weighted by Gasteiger charge is 2.29. The molecule has 1 fully saturated rings. The molecule has 0 N–H and O–H groups in total. The molecule has 5 rings (SSSR count). The van der Waals surface area contributed by atoms with Crippen LogP contribution in [0.3, 0.4) is 0 Å². The molecule has 0 atom stereocenters. The molecule has 198 valence electrons. The molecule has 0 bridgehead atoms. The SMILES string of the molecule is CCC(=O)c1ccc(Cc2nc3c(c(OC4CCCC4)n2)C(c2ccc(OC)cc2OC)=CC3)c(OC)c1. The van der Waals surface area contributed by atoms with Crippen LogP contribution in [0.15, 0.2) is 42.5 Å². The fraction of sp³-hybridized carbons (Fsp3) is 0.387. The Bertz CT molecular complexity index is 1370. The Labute approximate surface area is 223 Å². The van der Waals surface area contributed by atoms with Gasteiger partial charge in [0.15, 0.2) is 5.78 Å². The van der Waals surface area contributed by atoms with Crippen LogP contribution in [0.25, 0.3) is 5.57 Å². The van der Waals surface area contributed by atoms with Gasteiger partial charge in [-0.05, 0) is 49.5 Å². The van der Waals surface area contributed by atoms with Crippen LogP contribution in [0.4, 0.5) is 0 Å². The van der Waals surface area contributed by atoms with Crippen LogP contribution in [0.5, 0.6) is 23.1 Å². The van der Waals surface area contributed by atoms with E-state index >= 15 is 0 Å². The highest BCUT2D eigenvalue weighted by molar-refractivity contribution is 5.96. The van der Waals surface area contributed by atoms with Gasteiger partial charge in [0.25, 0.3) is 0 Å². The van der Waals surface area contributed by atoms with E-state index in [4.69, 9.17) is 28.9 Å². The molecular weight excluding hydrogens is 480 g/mol. The van der Waals surface area contributed by atoms with Crippen molar-refractivity contribution in [2.24, 2.45) is 0 Å². The lowest BCUT2D eigenvalue weighted by Gasteiger charge is -2.19. The van der Waals surface area contributed by atoms with Gasteiger partial charge in [-0.25, -0.2) is 4.98 Å². The minimum absolute atomic E-state index is 0.0865. The number of hydrogen-bond acceptors (Lipinski definition) is 7. The van der Waals surface area contributed by atoms with Gasteiger partial charge >= 0.3 is 0 Å². The molecule has 1 aromatic heterocycles. The zero-order chi connectivity index (χ0) is 26.6. The summed E-state index contributed by atoms with van der Waals surface area (Å²) in [7, 11) is 4.93. The van der Waals surface area contributed by atoms with Crippen molar-refractivity contribution in [2.45, 2.75) is 58.0 Å². The monoisotopic (exact) mass is 514 g/mol. The van der Waals surface area contributed by atoms with Gasteiger partial charge in [0.2, 0.25) is 5.88 Å². The summed E-state index contributed by atoms with van der Waals surface area (Å²) in [6.45, 7) is 1.86. The molecule has 7 heteroatoms. The number of nitrogens with zero attached hydrogens (tertiary/aromatic N) is 2. The lowest BCUT2D eigenvalue weighted by Crippen LogP contribution is -2.15. The molecule has 1 saturated carbocycles. The smallest absolute Gasteiger partial charge is 0.225 e. The fourth-order valence-corrected chi connectivity index (χ4v) is 5.28. The molecule has 0 amide bonds. The van der Waals surface area contributed by atoms with Gasteiger partial charge in [0.1, 0.15) is 29.2 Å². The van der Waals surface area contributed by atoms with Gasteiger partial charge in [-0.3, -0.25) is 4.79 Å². The number of fused-ring (bicyclic) bond motifs is 1. The van der Waals surface area contributed by atoms with Crippen LogP contribution in [-0.4, -0.2) is 43.2 Å². The number of aromatic nitrogens is 2. The van der Waals surface area contributed by atoms with Crippen LogP contribution in [0, 0.1) is 0 Å². The maximum Gasteiger partial charge on any atom is 0.225 e. The van der Waals surface area contributed by atoms with Gasteiger partial charge in [-0.1, -0.05) is 25.1 Å². The van der Waals surface area contributed by atoms with Gasteiger partial charge in [0, 0.05) is 42.0 Å². The van der Waals surface area contributed by atoms with E-state index in [1.807, 2.05) is 37.3 Å². The molecule has 0 saturated heterocycles. The molecular formula is C31H34N2O5. The zero-order valence-electron chi connectivity index (χ0n) is 22.5. The Hall–Kier alpha value is -3.87. The first kappa shape index (κ1) is 25.8. The van der Waals surface area contributed by atoms with Gasteiger partial charge in [-0.15, -0.1) is 0 Å². The minimum Gasteiger partial charge on any atom is -0.497 e. The van der Waals surface area contributed by atoms with Gasteiger partial charge in [0.05, 0.1) is 32.6 Å². The summed E-state index contributed by atoms with van der Waals surface area (Å²) >= 11 is 0. The standard InChI is InChI=1S/C31H34N2O5/c1-5-26(34)19-10-11-20(27(16-19)36-3)17-29-32-25-15-14-24(23-13-12-22(35-2)18-28(23)37-4)30(25)31(33-29)38-21-8-6-7-9-21/h10-14,16,18,21H,5-9,15,17H2,1-4H3. The number of ketones is 1. The number of hydrogen-bond donors (Lipinski definition) is 0. The Morgan fingerprint density at radius 3 is 2.45 bits per heavy atom. The molecule has 2 aliphatic carbocycles. The Morgan fingerprint density at radius 2 is 1.74 bits per heavy atom. The van der Waals surface area contributed by atoms with Crippen LogP contribution < -0.4 is 18.9 Å². The number of rotatable bonds is 10. The topological polar surface area (TPSA) is 79.8 Å². The molecule has 0 aliphatic heterocycles. The third kappa shape index (κ3) is 5.10. The van der Waals surface area contributed by atoms with Crippen LogP contribution in [0.2, 0.25) is 0 Å². The number of allylic oxidation sites excluding steroid dienone is 1. The van der Waals surface area contributed by atoms with E-state index in [2.05, 4.69) is 6.08 Å². The lowest BCUT2D eigenvalue weighted by atomic mass is 10.00. The molecule has 3 aromatic rings. The largest absolute Gasteiger partial charge is 0.497 e. The second kappa shape index (κ2) is 11.3. The summed E-state index contributed by atoms with van der Waals surface area (Å²) in [4.78, 5) is 22.1. The molecule has 2 aliphatic rings. The predicted molar refractivity (Wildman–Crippen MR) is 146 cm³/mol. The molecule has 2 aromatic carbocycles. The first-order chi connectivity index (χ1) is 18.5. The fourth-order valence-electron chi connectivity index (χ4n) is 5.28. The van der Waals surface area contributed by atoms with E-state index < -0.39 is 0 Å². The Balaban J connectivity index is 1.53. The summed E-state index contributed by atoms with van der Waals surface area (Å²) in [5.74, 6) is 3.50. The molecule has 0 spiro atoms. The third-order valence-electron chi connectivity index (χ3n) is 7.32. The van der Waals surface area contributed by atoms with Crippen molar-refractivity contribution in [1.82, 2.24) is 9.97 Å². The predicted octanol–water partition coefficient (Wildman–Crippen LogP) is 6.00. The van der Waals surface area contributed by atoms with E-state index in [1.54, 1.807) is 27.4 Å². The highest BCUT2D eigenvalue weighted by atomic mass is 16.5. The summed E-state index contributed by atoms with van der Waals surface area (Å²) < 4.78 is 23.3. The summed E-state index contributed by atoms with van der Waals surface area (Å²) in [6, 6.07) is 11.4. The van der Waals surface area contributed by atoms with Gasteiger partial charge < -0.3 is 18.9 Å². The van der Waals surface area contributed by atoms with Gasteiger partial charge in [-0.2, -0.15) is 4.98 Å². The first-order valence-electron chi connectivity index (χ1n) is 13.2. The van der Waals surface area contributed by atoms with Crippen LogP contribution >= 0.6 is 0 Å². The highest BCUT2D eigenvalue weighted by Crippen LogP contribution is 2.43. The van der Waals surface area contributed by atoms with E-state index in [-0.39, 0.29) is 11.9 Å². The molecule has 38 heavy (non-hydrogen) atoms. The number of Topliss-reactive ketones (excluding diaryl/α,β-unsaturated/α-hetero) is 1. The van der Waals surface area contributed by atoms with Crippen molar-refractivity contribution in [3.63, 3.8) is 0 Å². The van der Waals surface area contributed by atoms with Crippen molar-refractivity contribution in [2.75, 3.05) is 21.3 Å². The minimum atomic E-state index is 0.0865. The summed E-state index contributed by atoms with van der Waals surface area (Å²) in [6.07, 6.45) is 8.30. The van der Waals surface area contributed by atoms with Crippen LogP contribution in [-0.2, 0) is 12.8 Å². The Kier molecular flexibility index (Phi) is 7.63. The lowest BCUT2D eigenvalue weighted by molar-refractivity contribution is 0.0988. The quantitative estimate of drug-likeness (QED) is 0.307. The third-order valence-corrected chi connectivity index (χ3v) is 7.32. The second-order valence-corrected chi connectivity index (χ2v) is 9.66. The van der Waals surface area contributed by atoms with Crippen molar-refractivity contribution < 1.29 is 23.7 Å². The maximum absolute atomic E-state index is 12.2. The average Bonchev–Trinajstić information content (AvgIpc) is 3.62. The van der Waals surface area contributed by atoms with Crippen molar-refractivity contribution in [1.29, 1.82) is 0 Å². The van der Waals surface area contributed by atoms with Crippen molar-refractivity contribution in [3.8, 4) is 23.1 Å². The zero-order valence-corrected chi connectivity index (χ0v) is 22.5. The number of carbonyl (C=O) groups excluding carboxylic acids is 1. The van der Waals surface area contributed by atoms with E-state index in [0.29, 0.717) is 42.3 Å². The number of carbonyl (C=O) groups is 1. The van der Waals surface area contributed by atoms with Crippen molar-refractivity contribution in [3.05, 3.63) is 76.2 Å². The number of benzene rings is 2. The second-order valence-electron chi connectivity index (χ2n) is 9.66.